The summed E-state index contributed by atoms with van der Waals surface area (Å²) in [7, 11) is -3.82. The van der Waals surface area contributed by atoms with Crippen LogP contribution in [-0.4, -0.2) is 33.6 Å². The summed E-state index contributed by atoms with van der Waals surface area (Å²) in [6, 6.07) is 11.4. The number of rotatable bonds is 6. The predicted octanol–water partition coefficient (Wildman–Crippen LogP) is 3.47. The molecule has 1 aliphatic rings. The van der Waals surface area contributed by atoms with Crippen molar-refractivity contribution in [3.8, 4) is 0 Å². The molecule has 8 heteroatoms. The molecular weight excluding hydrogens is 432 g/mol. The Bertz CT molecular complexity index is 940. The first-order chi connectivity index (χ1) is 12.8. The number of sulfonamides is 1. The van der Waals surface area contributed by atoms with Crippen molar-refractivity contribution < 1.29 is 17.9 Å². The van der Waals surface area contributed by atoms with E-state index in [4.69, 9.17) is 4.74 Å². The van der Waals surface area contributed by atoms with Gasteiger partial charge >= 0.3 is 0 Å². The van der Waals surface area contributed by atoms with Gasteiger partial charge in [-0.2, -0.15) is 0 Å². The van der Waals surface area contributed by atoms with Crippen molar-refractivity contribution in [2.24, 2.45) is 0 Å². The Kier molecular flexibility index (Phi) is 6.18. The van der Waals surface area contributed by atoms with Gasteiger partial charge in [0.2, 0.25) is 0 Å². The molecule has 0 aromatic heterocycles. The summed E-state index contributed by atoms with van der Waals surface area (Å²) in [5.41, 5.74) is 1.67. The summed E-state index contributed by atoms with van der Waals surface area (Å²) in [4.78, 5) is 12.4. The molecule has 1 fully saturated rings. The van der Waals surface area contributed by atoms with Crippen LogP contribution >= 0.6 is 15.9 Å². The van der Waals surface area contributed by atoms with Gasteiger partial charge in [-0.05, 0) is 71.6 Å². The van der Waals surface area contributed by atoms with Gasteiger partial charge < -0.3 is 10.1 Å². The standard InChI is InChI=1S/C19H21BrN2O4S/c1-13-7-8-17(20)18(10-13)22-27(24,25)16-6-2-4-14(11-16)19(23)21-12-15-5-3-9-26-15/h2,4,6-8,10-11,15,22H,3,5,9,12H2,1H3,(H,21,23)/t15-/m0/s1. The average Bonchev–Trinajstić information content (AvgIpc) is 3.16. The van der Waals surface area contributed by atoms with Crippen LogP contribution in [-0.2, 0) is 14.8 Å². The van der Waals surface area contributed by atoms with Crippen LogP contribution in [0, 0.1) is 6.92 Å². The SMILES string of the molecule is Cc1ccc(Br)c(NS(=O)(=O)c2cccc(C(=O)NC[C@@H]3CCCO3)c2)c1. The number of carbonyl (C=O) groups excluding carboxylic acids is 1. The summed E-state index contributed by atoms with van der Waals surface area (Å²) in [6.07, 6.45) is 1.94. The van der Waals surface area contributed by atoms with Crippen molar-refractivity contribution in [1.29, 1.82) is 0 Å². The van der Waals surface area contributed by atoms with E-state index < -0.39 is 10.0 Å². The Morgan fingerprint density at radius 2 is 2.07 bits per heavy atom. The fourth-order valence-corrected chi connectivity index (χ4v) is 4.43. The number of ether oxygens (including phenoxy) is 1. The molecule has 27 heavy (non-hydrogen) atoms. The minimum Gasteiger partial charge on any atom is -0.376 e. The van der Waals surface area contributed by atoms with Crippen molar-refractivity contribution in [2.75, 3.05) is 17.9 Å². The third-order valence-electron chi connectivity index (χ3n) is 4.29. The van der Waals surface area contributed by atoms with Crippen LogP contribution in [0.25, 0.3) is 0 Å². The first-order valence-corrected chi connectivity index (χ1v) is 10.9. The van der Waals surface area contributed by atoms with E-state index in [1.807, 2.05) is 13.0 Å². The summed E-state index contributed by atoms with van der Waals surface area (Å²) in [6.45, 7) is 3.02. The molecule has 1 saturated heterocycles. The number of halogens is 1. The van der Waals surface area contributed by atoms with E-state index in [1.54, 1.807) is 24.3 Å². The topological polar surface area (TPSA) is 84.5 Å². The fraction of sp³-hybridized carbons (Fsp3) is 0.316. The number of nitrogens with one attached hydrogen (secondary N) is 2. The lowest BCUT2D eigenvalue weighted by Gasteiger charge is -2.13. The highest BCUT2D eigenvalue weighted by atomic mass is 79.9. The van der Waals surface area contributed by atoms with Gasteiger partial charge in [-0.15, -0.1) is 0 Å². The first kappa shape index (κ1) is 19.9. The molecule has 1 atom stereocenters. The number of hydrogen-bond donors (Lipinski definition) is 2. The van der Waals surface area contributed by atoms with E-state index in [0.29, 0.717) is 28.9 Å². The van der Waals surface area contributed by atoms with Gasteiger partial charge in [0.15, 0.2) is 0 Å². The second kappa shape index (κ2) is 8.41. The molecule has 1 heterocycles. The van der Waals surface area contributed by atoms with E-state index in [2.05, 4.69) is 26.0 Å². The van der Waals surface area contributed by atoms with Crippen molar-refractivity contribution in [3.63, 3.8) is 0 Å². The average molecular weight is 453 g/mol. The normalized spacial score (nSPS) is 16.9. The third kappa shape index (κ3) is 5.09. The maximum absolute atomic E-state index is 12.7. The molecule has 144 valence electrons. The second-order valence-corrected chi connectivity index (χ2v) is 9.00. The molecule has 1 aliphatic heterocycles. The van der Waals surface area contributed by atoms with Crippen LogP contribution in [0.15, 0.2) is 51.8 Å². The zero-order valence-electron chi connectivity index (χ0n) is 14.9. The molecule has 2 aromatic carbocycles. The number of hydrogen-bond acceptors (Lipinski definition) is 4. The number of amides is 1. The lowest BCUT2D eigenvalue weighted by Crippen LogP contribution is -2.31. The van der Waals surface area contributed by atoms with Gasteiger partial charge in [0.05, 0.1) is 16.7 Å². The molecule has 3 rings (SSSR count). The zero-order valence-corrected chi connectivity index (χ0v) is 17.3. The first-order valence-electron chi connectivity index (χ1n) is 8.64. The lowest BCUT2D eigenvalue weighted by molar-refractivity contribution is 0.0857. The van der Waals surface area contributed by atoms with E-state index >= 15 is 0 Å². The molecule has 0 unspecified atom stereocenters. The highest BCUT2D eigenvalue weighted by molar-refractivity contribution is 9.10. The second-order valence-electron chi connectivity index (χ2n) is 6.46. The minimum absolute atomic E-state index is 0.0284. The Balaban J connectivity index is 1.75. The summed E-state index contributed by atoms with van der Waals surface area (Å²) in [5, 5.41) is 2.80. The van der Waals surface area contributed by atoms with Crippen LogP contribution in [0.4, 0.5) is 5.69 Å². The molecule has 0 bridgehead atoms. The molecule has 2 aromatic rings. The van der Waals surface area contributed by atoms with Crippen molar-refractivity contribution in [1.82, 2.24) is 5.32 Å². The fourth-order valence-electron chi connectivity index (χ4n) is 2.84. The minimum atomic E-state index is -3.82. The van der Waals surface area contributed by atoms with Gasteiger partial charge in [0, 0.05) is 23.2 Å². The van der Waals surface area contributed by atoms with Crippen LogP contribution < -0.4 is 10.0 Å². The summed E-state index contributed by atoms with van der Waals surface area (Å²) < 4.78 is 34.1. The Morgan fingerprint density at radius 3 is 2.81 bits per heavy atom. The molecule has 2 N–H and O–H groups in total. The highest BCUT2D eigenvalue weighted by Gasteiger charge is 2.19. The highest BCUT2D eigenvalue weighted by Crippen LogP contribution is 2.26. The van der Waals surface area contributed by atoms with E-state index in [1.165, 1.54) is 12.1 Å². The predicted molar refractivity (Wildman–Crippen MR) is 107 cm³/mol. The molecule has 0 aliphatic carbocycles. The number of benzene rings is 2. The van der Waals surface area contributed by atoms with Crippen LogP contribution in [0.5, 0.6) is 0 Å². The number of carbonyl (C=O) groups is 1. The van der Waals surface area contributed by atoms with Gasteiger partial charge in [0.25, 0.3) is 15.9 Å². The van der Waals surface area contributed by atoms with E-state index in [0.717, 1.165) is 18.4 Å². The van der Waals surface area contributed by atoms with Gasteiger partial charge in [-0.1, -0.05) is 12.1 Å². The number of aryl methyl sites for hydroxylation is 1. The molecule has 6 nitrogen and oxygen atoms in total. The van der Waals surface area contributed by atoms with Gasteiger partial charge in [0.1, 0.15) is 0 Å². The maximum atomic E-state index is 12.7. The third-order valence-corrected chi connectivity index (χ3v) is 6.34. The van der Waals surface area contributed by atoms with Crippen molar-refractivity contribution in [3.05, 3.63) is 58.1 Å². The molecule has 0 saturated carbocycles. The maximum Gasteiger partial charge on any atom is 0.261 e. The van der Waals surface area contributed by atoms with Crippen LogP contribution in [0.3, 0.4) is 0 Å². The summed E-state index contributed by atoms with van der Waals surface area (Å²) >= 11 is 3.34. The quantitative estimate of drug-likeness (QED) is 0.702. The Hall–Kier alpha value is -1.90. The molecular formula is C19H21BrN2O4S. The summed E-state index contributed by atoms with van der Waals surface area (Å²) in [5.74, 6) is -0.320. The lowest BCUT2D eigenvalue weighted by atomic mass is 10.2. The van der Waals surface area contributed by atoms with Gasteiger partial charge in [-0.3, -0.25) is 9.52 Å². The Morgan fingerprint density at radius 1 is 1.26 bits per heavy atom. The molecule has 1 amide bonds. The van der Waals surface area contributed by atoms with E-state index in [9.17, 15) is 13.2 Å². The Labute approximate surface area is 167 Å². The molecule has 0 spiro atoms. The van der Waals surface area contributed by atoms with Crippen molar-refractivity contribution in [2.45, 2.75) is 30.8 Å². The molecule has 0 radical (unpaired) electrons. The van der Waals surface area contributed by atoms with E-state index in [-0.39, 0.29) is 16.9 Å². The van der Waals surface area contributed by atoms with Crippen molar-refractivity contribution >= 4 is 37.5 Å². The van der Waals surface area contributed by atoms with Crippen LogP contribution in [0.1, 0.15) is 28.8 Å². The largest absolute Gasteiger partial charge is 0.376 e. The van der Waals surface area contributed by atoms with Gasteiger partial charge in [-0.25, -0.2) is 8.42 Å². The van der Waals surface area contributed by atoms with Crippen LogP contribution in [0.2, 0.25) is 0 Å². The monoisotopic (exact) mass is 452 g/mol. The zero-order chi connectivity index (χ0) is 19.4. The number of anilines is 1. The smallest absolute Gasteiger partial charge is 0.261 e.